The first-order valence-corrected chi connectivity index (χ1v) is 4.68. The molecule has 0 radical (unpaired) electrons. The first-order chi connectivity index (χ1) is 5.73. The highest BCUT2D eigenvalue weighted by atomic mass is 16.4. The number of hydrogen-bond donors (Lipinski definition) is 2. The Bertz CT molecular complexity index is 205. The van der Waals surface area contributed by atoms with E-state index in [4.69, 9.17) is 5.11 Å². The van der Waals surface area contributed by atoms with Crippen molar-refractivity contribution in [2.24, 2.45) is 5.41 Å². The SMILES string of the molecule is O=C(O)C[C@]12CCCC[C@@H]1NC2. The van der Waals surface area contributed by atoms with Crippen LogP contribution >= 0.6 is 0 Å². The van der Waals surface area contributed by atoms with Gasteiger partial charge in [0, 0.05) is 18.0 Å². The number of rotatable bonds is 2. The number of carbonyl (C=O) groups is 1. The summed E-state index contributed by atoms with van der Waals surface area (Å²) in [5.41, 5.74) is 0.129. The normalized spacial score (nSPS) is 39.8. The molecule has 3 nitrogen and oxygen atoms in total. The molecular weight excluding hydrogens is 154 g/mol. The maximum absolute atomic E-state index is 10.6. The molecule has 3 heteroatoms. The molecule has 2 N–H and O–H groups in total. The predicted octanol–water partition coefficient (Wildman–Crippen LogP) is 0.993. The number of carboxylic acid groups (broad SMARTS) is 1. The van der Waals surface area contributed by atoms with Gasteiger partial charge in [-0.25, -0.2) is 0 Å². The van der Waals surface area contributed by atoms with Gasteiger partial charge in [0.1, 0.15) is 0 Å². The molecule has 0 aromatic rings. The first-order valence-electron chi connectivity index (χ1n) is 4.68. The maximum atomic E-state index is 10.6. The van der Waals surface area contributed by atoms with Crippen molar-refractivity contribution in [2.75, 3.05) is 6.54 Å². The van der Waals surface area contributed by atoms with Crippen LogP contribution in [0.2, 0.25) is 0 Å². The van der Waals surface area contributed by atoms with Crippen molar-refractivity contribution in [1.82, 2.24) is 5.32 Å². The Hall–Kier alpha value is -0.570. The minimum atomic E-state index is -0.636. The summed E-state index contributed by atoms with van der Waals surface area (Å²) in [6, 6.07) is 0.502. The van der Waals surface area contributed by atoms with Crippen LogP contribution < -0.4 is 5.32 Å². The zero-order chi connectivity index (χ0) is 8.60. The fourth-order valence-electron chi connectivity index (χ4n) is 2.61. The van der Waals surface area contributed by atoms with E-state index >= 15 is 0 Å². The van der Waals surface area contributed by atoms with Crippen molar-refractivity contribution in [3.63, 3.8) is 0 Å². The van der Waals surface area contributed by atoms with Crippen molar-refractivity contribution in [3.05, 3.63) is 0 Å². The van der Waals surface area contributed by atoms with Crippen LogP contribution in [0.25, 0.3) is 0 Å². The molecule has 1 saturated heterocycles. The van der Waals surface area contributed by atoms with Crippen LogP contribution in [0.4, 0.5) is 0 Å². The van der Waals surface area contributed by atoms with Gasteiger partial charge in [-0.3, -0.25) is 4.79 Å². The number of aliphatic carboxylic acids is 1. The lowest BCUT2D eigenvalue weighted by atomic mass is 9.63. The molecule has 2 atom stereocenters. The van der Waals surface area contributed by atoms with Gasteiger partial charge in [-0.15, -0.1) is 0 Å². The third kappa shape index (κ3) is 1.12. The summed E-state index contributed by atoms with van der Waals surface area (Å²) in [6.45, 7) is 0.921. The van der Waals surface area contributed by atoms with E-state index in [1.807, 2.05) is 0 Å². The lowest BCUT2D eigenvalue weighted by Crippen LogP contribution is -2.64. The van der Waals surface area contributed by atoms with Crippen molar-refractivity contribution in [2.45, 2.75) is 38.1 Å². The van der Waals surface area contributed by atoms with E-state index in [2.05, 4.69) is 5.32 Å². The van der Waals surface area contributed by atoms with Crippen LogP contribution in [-0.2, 0) is 4.79 Å². The summed E-state index contributed by atoms with van der Waals surface area (Å²) in [6.07, 6.45) is 5.12. The van der Waals surface area contributed by atoms with Gasteiger partial charge in [0.2, 0.25) is 0 Å². The molecule has 0 unspecified atom stereocenters. The molecule has 2 rings (SSSR count). The molecule has 0 aromatic heterocycles. The summed E-state index contributed by atoms with van der Waals surface area (Å²) in [7, 11) is 0. The molecule has 0 aromatic carbocycles. The van der Waals surface area contributed by atoms with Gasteiger partial charge in [0.05, 0.1) is 6.42 Å². The highest BCUT2D eigenvalue weighted by molar-refractivity contribution is 5.68. The van der Waals surface area contributed by atoms with Crippen molar-refractivity contribution in [1.29, 1.82) is 0 Å². The van der Waals surface area contributed by atoms with Gasteiger partial charge in [-0.05, 0) is 12.8 Å². The molecule has 0 amide bonds. The molecule has 2 aliphatic rings. The van der Waals surface area contributed by atoms with Crippen LogP contribution in [0.5, 0.6) is 0 Å². The Kier molecular flexibility index (Phi) is 1.83. The third-order valence-corrected chi connectivity index (χ3v) is 3.36. The number of fused-ring (bicyclic) bond motifs is 1. The molecule has 1 aliphatic heterocycles. The second-order valence-electron chi connectivity index (χ2n) is 4.11. The van der Waals surface area contributed by atoms with Crippen molar-refractivity contribution in [3.8, 4) is 0 Å². The van der Waals surface area contributed by atoms with Crippen LogP contribution in [0.1, 0.15) is 32.1 Å². The Morgan fingerprint density at radius 2 is 2.42 bits per heavy atom. The third-order valence-electron chi connectivity index (χ3n) is 3.36. The Morgan fingerprint density at radius 3 is 2.92 bits per heavy atom. The van der Waals surface area contributed by atoms with E-state index in [9.17, 15) is 4.79 Å². The van der Waals surface area contributed by atoms with E-state index in [0.717, 1.165) is 13.0 Å². The summed E-state index contributed by atoms with van der Waals surface area (Å²) in [4.78, 5) is 10.6. The first kappa shape index (κ1) is 8.05. The highest BCUT2D eigenvalue weighted by Crippen LogP contribution is 2.44. The minimum Gasteiger partial charge on any atom is -0.481 e. The maximum Gasteiger partial charge on any atom is 0.304 e. The van der Waals surface area contributed by atoms with Gasteiger partial charge >= 0.3 is 5.97 Å². The van der Waals surface area contributed by atoms with Crippen LogP contribution in [0.15, 0.2) is 0 Å². The topological polar surface area (TPSA) is 49.3 Å². The Labute approximate surface area is 72.2 Å². The summed E-state index contributed by atoms with van der Waals surface area (Å²) in [5.74, 6) is -0.636. The standard InChI is InChI=1S/C9H15NO2/c11-8(12)5-9-4-2-1-3-7(9)10-6-9/h7,10H,1-6H2,(H,11,12)/t7-,9-/m0/s1. The van der Waals surface area contributed by atoms with Crippen LogP contribution in [0.3, 0.4) is 0 Å². The fourth-order valence-corrected chi connectivity index (χ4v) is 2.61. The smallest absolute Gasteiger partial charge is 0.304 e. The monoisotopic (exact) mass is 169 g/mol. The van der Waals surface area contributed by atoms with Crippen LogP contribution in [0, 0.1) is 5.41 Å². The fraction of sp³-hybridized carbons (Fsp3) is 0.889. The largest absolute Gasteiger partial charge is 0.481 e. The zero-order valence-electron chi connectivity index (χ0n) is 7.18. The van der Waals surface area contributed by atoms with E-state index in [1.54, 1.807) is 0 Å². The molecular formula is C9H15NO2. The quantitative estimate of drug-likeness (QED) is 0.648. The lowest BCUT2D eigenvalue weighted by Gasteiger charge is -2.53. The second-order valence-corrected chi connectivity index (χ2v) is 4.11. The van der Waals surface area contributed by atoms with Crippen molar-refractivity contribution >= 4 is 5.97 Å². The highest BCUT2D eigenvalue weighted by Gasteiger charge is 2.48. The summed E-state index contributed by atoms with van der Waals surface area (Å²) in [5, 5.41) is 12.1. The lowest BCUT2D eigenvalue weighted by molar-refractivity contribution is -0.143. The second kappa shape index (κ2) is 2.73. The van der Waals surface area contributed by atoms with E-state index in [0.29, 0.717) is 12.5 Å². The zero-order valence-corrected chi connectivity index (χ0v) is 7.18. The molecule has 2 fully saturated rings. The molecule has 12 heavy (non-hydrogen) atoms. The Balaban J connectivity index is 2.02. The average molecular weight is 169 g/mol. The molecule has 0 spiro atoms. The van der Waals surface area contributed by atoms with Gasteiger partial charge in [0.25, 0.3) is 0 Å². The molecule has 1 aliphatic carbocycles. The summed E-state index contributed by atoms with van der Waals surface area (Å²) < 4.78 is 0. The number of hydrogen-bond acceptors (Lipinski definition) is 2. The number of nitrogens with one attached hydrogen (secondary N) is 1. The predicted molar refractivity (Wildman–Crippen MR) is 44.9 cm³/mol. The van der Waals surface area contributed by atoms with E-state index < -0.39 is 5.97 Å². The molecule has 68 valence electrons. The minimum absolute atomic E-state index is 0.129. The van der Waals surface area contributed by atoms with Gasteiger partial charge < -0.3 is 10.4 Å². The number of carboxylic acids is 1. The average Bonchev–Trinajstić information content (AvgIpc) is 1.97. The van der Waals surface area contributed by atoms with Crippen LogP contribution in [-0.4, -0.2) is 23.7 Å². The van der Waals surface area contributed by atoms with Gasteiger partial charge in [-0.2, -0.15) is 0 Å². The van der Waals surface area contributed by atoms with Gasteiger partial charge in [-0.1, -0.05) is 12.8 Å². The molecule has 1 heterocycles. The van der Waals surface area contributed by atoms with E-state index in [1.165, 1.54) is 19.3 Å². The molecule has 1 saturated carbocycles. The van der Waals surface area contributed by atoms with E-state index in [-0.39, 0.29) is 5.41 Å². The van der Waals surface area contributed by atoms with Gasteiger partial charge in [0.15, 0.2) is 0 Å². The molecule has 0 bridgehead atoms. The summed E-state index contributed by atoms with van der Waals surface area (Å²) >= 11 is 0. The van der Waals surface area contributed by atoms with Crippen molar-refractivity contribution < 1.29 is 9.90 Å². The Morgan fingerprint density at radius 1 is 1.58 bits per heavy atom.